The van der Waals surface area contributed by atoms with Gasteiger partial charge in [0.1, 0.15) is 0 Å². The maximum atomic E-state index is 8.89. The normalized spacial score (nSPS) is 26.7. The molecule has 0 radical (unpaired) electrons. The van der Waals surface area contributed by atoms with Gasteiger partial charge in [-0.25, -0.2) is 0 Å². The molecule has 0 bridgehead atoms. The van der Waals surface area contributed by atoms with Crippen LogP contribution >= 0.6 is 0 Å². The Morgan fingerprint density at radius 2 is 1.74 bits per heavy atom. The zero-order chi connectivity index (χ0) is 13.7. The Labute approximate surface area is 117 Å². The van der Waals surface area contributed by atoms with Crippen molar-refractivity contribution in [1.29, 1.82) is 5.26 Å². The average Bonchev–Trinajstić information content (AvgIpc) is 2.39. The number of benzene rings is 1. The summed E-state index contributed by atoms with van der Waals surface area (Å²) in [5, 5.41) is 8.89. The van der Waals surface area contributed by atoms with E-state index in [1.54, 1.807) is 0 Å². The fourth-order valence-electron chi connectivity index (χ4n) is 3.47. The molecule has 1 aromatic carbocycles. The van der Waals surface area contributed by atoms with Crippen molar-refractivity contribution in [3.8, 4) is 6.07 Å². The smallest absolute Gasteiger partial charge is 0.0640 e. The van der Waals surface area contributed by atoms with E-state index in [0.29, 0.717) is 12.5 Å². The van der Waals surface area contributed by atoms with E-state index in [0.717, 1.165) is 18.4 Å². The highest BCUT2D eigenvalue weighted by atomic mass is 15.2. The molecule has 19 heavy (non-hydrogen) atoms. The zero-order valence-corrected chi connectivity index (χ0v) is 12.0. The standard InChI is InChI=1S/C17H24N2/c1-14-11-15(2)13-17(12-14)19(10-6-9-18)16-7-4-3-5-8-16/h3-5,7-8,14-15,17H,6,10-13H2,1-2H3. The minimum atomic E-state index is 0.592. The summed E-state index contributed by atoms with van der Waals surface area (Å²) in [6.45, 7) is 5.57. The van der Waals surface area contributed by atoms with Crippen molar-refractivity contribution < 1.29 is 0 Å². The van der Waals surface area contributed by atoms with E-state index in [9.17, 15) is 0 Å². The lowest BCUT2D eigenvalue weighted by atomic mass is 9.79. The van der Waals surface area contributed by atoms with E-state index >= 15 is 0 Å². The molecule has 2 heteroatoms. The summed E-state index contributed by atoms with van der Waals surface area (Å²) >= 11 is 0. The number of nitriles is 1. The average molecular weight is 256 g/mol. The molecule has 2 rings (SSSR count). The first-order valence-corrected chi connectivity index (χ1v) is 7.39. The van der Waals surface area contributed by atoms with Gasteiger partial charge in [0.05, 0.1) is 12.5 Å². The van der Waals surface area contributed by atoms with Crippen molar-refractivity contribution in [2.24, 2.45) is 11.8 Å². The maximum absolute atomic E-state index is 8.89. The summed E-state index contributed by atoms with van der Waals surface area (Å²) in [6, 6.07) is 13.4. The third kappa shape index (κ3) is 3.73. The SMILES string of the molecule is CC1CC(C)CC(N(CCC#N)c2ccccc2)C1. The predicted molar refractivity (Wildman–Crippen MR) is 80.0 cm³/mol. The number of para-hydroxylation sites is 1. The molecule has 1 aliphatic carbocycles. The minimum Gasteiger partial charge on any atom is -0.367 e. The minimum absolute atomic E-state index is 0.592. The molecule has 1 aliphatic rings. The number of hydrogen-bond donors (Lipinski definition) is 0. The van der Waals surface area contributed by atoms with Gasteiger partial charge in [-0.15, -0.1) is 0 Å². The fourth-order valence-corrected chi connectivity index (χ4v) is 3.47. The van der Waals surface area contributed by atoms with Gasteiger partial charge in [0.25, 0.3) is 0 Å². The van der Waals surface area contributed by atoms with Gasteiger partial charge in [-0.2, -0.15) is 5.26 Å². The van der Waals surface area contributed by atoms with E-state index < -0.39 is 0 Å². The van der Waals surface area contributed by atoms with Crippen LogP contribution in [0.4, 0.5) is 5.69 Å². The van der Waals surface area contributed by atoms with Gasteiger partial charge in [0.15, 0.2) is 0 Å². The molecule has 102 valence electrons. The molecule has 0 amide bonds. The second-order valence-corrected chi connectivity index (χ2v) is 6.01. The van der Waals surface area contributed by atoms with Crippen LogP contribution in [0.3, 0.4) is 0 Å². The summed E-state index contributed by atoms with van der Waals surface area (Å²) in [5.74, 6) is 1.59. The summed E-state index contributed by atoms with van der Waals surface area (Å²) in [5.41, 5.74) is 1.27. The largest absolute Gasteiger partial charge is 0.367 e. The molecule has 0 heterocycles. The van der Waals surface area contributed by atoms with E-state index in [2.05, 4.69) is 55.1 Å². The Bertz CT molecular complexity index is 411. The van der Waals surface area contributed by atoms with Gasteiger partial charge in [-0.3, -0.25) is 0 Å². The number of nitrogens with zero attached hydrogens (tertiary/aromatic N) is 2. The summed E-state index contributed by atoms with van der Waals surface area (Å²) < 4.78 is 0. The highest BCUT2D eigenvalue weighted by molar-refractivity contribution is 5.47. The van der Waals surface area contributed by atoms with Gasteiger partial charge in [0, 0.05) is 18.3 Å². The van der Waals surface area contributed by atoms with Gasteiger partial charge in [-0.05, 0) is 43.2 Å². The fraction of sp³-hybridized carbons (Fsp3) is 0.588. The van der Waals surface area contributed by atoms with Crippen LogP contribution in [-0.4, -0.2) is 12.6 Å². The van der Waals surface area contributed by atoms with Crippen LogP contribution in [0.1, 0.15) is 39.5 Å². The van der Waals surface area contributed by atoms with Crippen molar-refractivity contribution >= 4 is 5.69 Å². The van der Waals surface area contributed by atoms with Gasteiger partial charge >= 0.3 is 0 Å². The van der Waals surface area contributed by atoms with Crippen LogP contribution in [0.5, 0.6) is 0 Å². The van der Waals surface area contributed by atoms with Crippen molar-refractivity contribution in [1.82, 2.24) is 0 Å². The second kappa shape index (κ2) is 6.61. The summed E-state index contributed by atoms with van der Waals surface area (Å²) in [7, 11) is 0. The van der Waals surface area contributed by atoms with Gasteiger partial charge < -0.3 is 4.90 Å². The molecule has 0 aliphatic heterocycles. The third-order valence-corrected chi connectivity index (χ3v) is 4.15. The van der Waals surface area contributed by atoms with Crippen LogP contribution in [0.15, 0.2) is 30.3 Å². The molecule has 1 aromatic rings. The van der Waals surface area contributed by atoms with Crippen LogP contribution in [-0.2, 0) is 0 Å². The molecular weight excluding hydrogens is 232 g/mol. The van der Waals surface area contributed by atoms with Crippen molar-refractivity contribution in [3.63, 3.8) is 0 Å². The van der Waals surface area contributed by atoms with Gasteiger partial charge in [-0.1, -0.05) is 32.0 Å². The van der Waals surface area contributed by atoms with Crippen LogP contribution in [0, 0.1) is 23.2 Å². The predicted octanol–water partition coefficient (Wildman–Crippen LogP) is 4.23. The Kier molecular flexibility index (Phi) is 4.85. The molecule has 0 N–H and O–H groups in total. The molecule has 1 saturated carbocycles. The van der Waals surface area contributed by atoms with Crippen molar-refractivity contribution in [2.45, 2.75) is 45.6 Å². The lowest BCUT2D eigenvalue weighted by molar-refractivity contribution is 0.260. The maximum Gasteiger partial charge on any atom is 0.0640 e. The molecule has 0 saturated heterocycles. The Balaban J connectivity index is 2.15. The molecule has 2 unspecified atom stereocenters. The molecule has 2 atom stereocenters. The van der Waals surface area contributed by atoms with Crippen LogP contribution in [0.2, 0.25) is 0 Å². The first-order valence-electron chi connectivity index (χ1n) is 7.39. The molecule has 2 nitrogen and oxygen atoms in total. The van der Waals surface area contributed by atoms with Crippen molar-refractivity contribution in [3.05, 3.63) is 30.3 Å². The van der Waals surface area contributed by atoms with Crippen LogP contribution < -0.4 is 4.90 Å². The monoisotopic (exact) mass is 256 g/mol. The summed E-state index contributed by atoms with van der Waals surface area (Å²) in [6.07, 6.45) is 4.46. The number of anilines is 1. The van der Waals surface area contributed by atoms with Gasteiger partial charge in [0.2, 0.25) is 0 Å². The van der Waals surface area contributed by atoms with E-state index in [4.69, 9.17) is 5.26 Å². The molecular formula is C17H24N2. The molecule has 0 spiro atoms. The molecule has 1 fully saturated rings. The number of hydrogen-bond acceptors (Lipinski definition) is 2. The lowest BCUT2D eigenvalue weighted by Gasteiger charge is -2.40. The Morgan fingerprint density at radius 1 is 1.11 bits per heavy atom. The molecule has 0 aromatic heterocycles. The third-order valence-electron chi connectivity index (χ3n) is 4.15. The van der Waals surface area contributed by atoms with Crippen molar-refractivity contribution in [2.75, 3.05) is 11.4 Å². The first-order chi connectivity index (χ1) is 9.20. The van der Waals surface area contributed by atoms with E-state index in [-0.39, 0.29) is 0 Å². The topological polar surface area (TPSA) is 27.0 Å². The van der Waals surface area contributed by atoms with E-state index in [1.807, 2.05) is 0 Å². The first kappa shape index (κ1) is 13.9. The highest BCUT2D eigenvalue weighted by Crippen LogP contribution is 2.33. The van der Waals surface area contributed by atoms with E-state index in [1.165, 1.54) is 24.9 Å². The Morgan fingerprint density at radius 3 is 2.32 bits per heavy atom. The zero-order valence-electron chi connectivity index (χ0n) is 12.0. The lowest BCUT2D eigenvalue weighted by Crippen LogP contribution is -2.41. The Hall–Kier alpha value is -1.49. The van der Waals surface area contributed by atoms with Crippen LogP contribution in [0.25, 0.3) is 0 Å². The number of rotatable bonds is 4. The highest BCUT2D eigenvalue weighted by Gasteiger charge is 2.28. The second-order valence-electron chi connectivity index (χ2n) is 6.01. The quantitative estimate of drug-likeness (QED) is 0.806. The summed E-state index contributed by atoms with van der Waals surface area (Å²) in [4.78, 5) is 2.45.